The summed E-state index contributed by atoms with van der Waals surface area (Å²) in [5.41, 5.74) is 0.489. The quantitative estimate of drug-likeness (QED) is 0.544. The largest absolute Gasteiger partial charge is 0.0625 e. The number of hydrogen-bond donors (Lipinski definition) is 0. The first-order valence-electron chi connectivity index (χ1n) is 6.93. The molecule has 15 heavy (non-hydrogen) atoms. The summed E-state index contributed by atoms with van der Waals surface area (Å²) < 4.78 is 0. The van der Waals surface area contributed by atoms with Gasteiger partial charge in [0.15, 0.2) is 0 Å². The van der Waals surface area contributed by atoms with E-state index in [4.69, 9.17) is 0 Å². The molecule has 1 saturated carbocycles. The van der Waals surface area contributed by atoms with Gasteiger partial charge in [0.05, 0.1) is 0 Å². The van der Waals surface area contributed by atoms with E-state index in [2.05, 4.69) is 34.6 Å². The Labute approximate surface area is 96.8 Å². The average Bonchev–Trinajstić information content (AvgIpc) is 2.29. The van der Waals surface area contributed by atoms with E-state index in [1.807, 2.05) is 0 Å². The van der Waals surface area contributed by atoms with E-state index < -0.39 is 0 Å². The molecule has 1 rings (SSSR count). The zero-order chi connectivity index (χ0) is 11.5. The topological polar surface area (TPSA) is 0 Å². The molecule has 0 N–H and O–H groups in total. The zero-order valence-electron chi connectivity index (χ0n) is 11.5. The molecular formula is C15H30. The van der Waals surface area contributed by atoms with E-state index >= 15 is 0 Å². The van der Waals surface area contributed by atoms with Gasteiger partial charge in [-0.1, -0.05) is 73.1 Å². The molecule has 90 valence electrons. The van der Waals surface area contributed by atoms with Gasteiger partial charge in [0, 0.05) is 0 Å². The maximum atomic E-state index is 2.43. The smallest absolute Gasteiger partial charge is 0.0314 e. The number of hydrogen-bond acceptors (Lipinski definition) is 0. The molecule has 1 aliphatic rings. The standard InChI is InChI=1S/C15H30/c1-12(2)14(15(3,4)5)13-10-8-6-7-9-11-13/h12-14H,6-11H2,1-5H3. The summed E-state index contributed by atoms with van der Waals surface area (Å²) in [5.74, 6) is 2.75. The second-order valence-corrected chi connectivity index (χ2v) is 6.89. The van der Waals surface area contributed by atoms with Gasteiger partial charge in [0.25, 0.3) is 0 Å². The molecule has 0 bridgehead atoms. The lowest BCUT2D eigenvalue weighted by Gasteiger charge is -2.40. The highest BCUT2D eigenvalue weighted by Crippen LogP contribution is 2.43. The minimum Gasteiger partial charge on any atom is -0.0625 e. The second-order valence-electron chi connectivity index (χ2n) is 6.89. The lowest BCUT2D eigenvalue weighted by atomic mass is 9.65. The van der Waals surface area contributed by atoms with Crippen molar-refractivity contribution < 1.29 is 0 Å². The molecule has 0 saturated heterocycles. The maximum absolute atomic E-state index is 2.43. The third-order valence-corrected chi connectivity index (χ3v) is 4.13. The second kappa shape index (κ2) is 5.37. The molecule has 0 aromatic rings. The Hall–Kier alpha value is 0. The summed E-state index contributed by atoms with van der Waals surface area (Å²) in [5, 5.41) is 0. The Kier molecular flexibility index (Phi) is 4.67. The Morgan fingerprint density at radius 1 is 0.867 bits per heavy atom. The molecule has 1 unspecified atom stereocenters. The van der Waals surface area contributed by atoms with Crippen molar-refractivity contribution in [3.63, 3.8) is 0 Å². The highest BCUT2D eigenvalue weighted by Gasteiger charge is 2.34. The Morgan fingerprint density at radius 2 is 1.33 bits per heavy atom. The van der Waals surface area contributed by atoms with E-state index in [-0.39, 0.29) is 0 Å². The summed E-state index contributed by atoms with van der Waals surface area (Å²) in [7, 11) is 0. The molecule has 1 aliphatic carbocycles. The first kappa shape index (κ1) is 13.1. The molecule has 0 aromatic heterocycles. The highest BCUT2D eigenvalue weighted by atomic mass is 14.4. The van der Waals surface area contributed by atoms with Crippen LogP contribution in [0.4, 0.5) is 0 Å². The van der Waals surface area contributed by atoms with Crippen LogP contribution in [0.25, 0.3) is 0 Å². The van der Waals surface area contributed by atoms with Gasteiger partial charge in [-0.05, 0) is 23.2 Å². The van der Waals surface area contributed by atoms with Crippen LogP contribution in [0.1, 0.15) is 73.1 Å². The minimum atomic E-state index is 0.489. The van der Waals surface area contributed by atoms with Crippen molar-refractivity contribution >= 4 is 0 Å². The predicted octanol–water partition coefficient (Wildman–Crippen LogP) is 5.28. The van der Waals surface area contributed by atoms with Crippen LogP contribution in [0.5, 0.6) is 0 Å². The van der Waals surface area contributed by atoms with E-state index in [0.29, 0.717) is 5.41 Å². The monoisotopic (exact) mass is 210 g/mol. The molecule has 1 atom stereocenters. The Bertz CT molecular complexity index is 165. The van der Waals surface area contributed by atoms with Crippen molar-refractivity contribution in [3.05, 3.63) is 0 Å². The molecule has 0 radical (unpaired) electrons. The fraction of sp³-hybridized carbons (Fsp3) is 1.00. The lowest BCUT2D eigenvalue weighted by molar-refractivity contribution is 0.0946. The van der Waals surface area contributed by atoms with Gasteiger partial charge in [-0.25, -0.2) is 0 Å². The number of rotatable bonds is 2. The fourth-order valence-corrected chi connectivity index (χ4v) is 3.92. The normalized spacial score (nSPS) is 22.8. The van der Waals surface area contributed by atoms with Gasteiger partial charge in [-0.2, -0.15) is 0 Å². The summed E-state index contributed by atoms with van der Waals surface area (Å²) in [4.78, 5) is 0. The summed E-state index contributed by atoms with van der Waals surface area (Å²) in [6.07, 6.45) is 8.88. The van der Waals surface area contributed by atoms with E-state index in [1.54, 1.807) is 0 Å². The van der Waals surface area contributed by atoms with E-state index in [1.165, 1.54) is 38.5 Å². The minimum absolute atomic E-state index is 0.489. The first-order chi connectivity index (χ1) is 6.93. The Morgan fingerprint density at radius 3 is 1.67 bits per heavy atom. The van der Waals surface area contributed by atoms with Crippen molar-refractivity contribution in [1.29, 1.82) is 0 Å². The van der Waals surface area contributed by atoms with Crippen molar-refractivity contribution in [1.82, 2.24) is 0 Å². The molecule has 0 spiro atoms. The van der Waals surface area contributed by atoms with Gasteiger partial charge in [-0.15, -0.1) is 0 Å². The van der Waals surface area contributed by atoms with Gasteiger partial charge < -0.3 is 0 Å². The molecule has 0 aliphatic heterocycles. The first-order valence-corrected chi connectivity index (χ1v) is 6.93. The van der Waals surface area contributed by atoms with Crippen LogP contribution in [-0.2, 0) is 0 Å². The van der Waals surface area contributed by atoms with Crippen LogP contribution < -0.4 is 0 Å². The van der Waals surface area contributed by atoms with Gasteiger partial charge in [0.1, 0.15) is 0 Å². The van der Waals surface area contributed by atoms with Crippen LogP contribution in [0, 0.1) is 23.2 Å². The summed E-state index contributed by atoms with van der Waals surface area (Å²) >= 11 is 0. The molecule has 0 heterocycles. The Balaban J connectivity index is 2.69. The molecular weight excluding hydrogens is 180 g/mol. The van der Waals surface area contributed by atoms with Crippen LogP contribution in [0.3, 0.4) is 0 Å². The van der Waals surface area contributed by atoms with Crippen LogP contribution in [-0.4, -0.2) is 0 Å². The summed E-state index contributed by atoms with van der Waals surface area (Å²) in [6, 6.07) is 0. The molecule has 1 fully saturated rings. The van der Waals surface area contributed by atoms with Gasteiger partial charge in [-0.3, -0.25) is 0 Å². The lowest BCUT2D eigenvalue weighted by Crippen LogP contribution is -2.32. The molecule has 0 amide bonds. The zero-order valence-corrected chi connectivity index (χ0v) is 11.5. The molecule has 0 aromatic carbocycles. The summed E-state index contributed by atoms with van der Waals surface area (Å²) in [6.45, 7) is 12.1. The van der Waals surface area contributed by atoms with Crippen LogP contribution in [0.15, 0.2) is 0 Å². The van der Waals surface area contributed by atoms with Gasteiger partial charge >= 0.3 is 0 Å². The van der Waals surface area contributed by atoms with Crippen molar-refractivity contribution in [2.45, 2.75) is 73.1 Å². The van der Waals surface area contributed by atoms with Gasteiger partial charge in [0.2, 0.25) is 0 Å². The van der Waals surface area contributed by atoms with Crippen LogP contribution in [0.2, 0.25) is 0 Å². The molecule has 0 heteroatoms. The maximum Gasteiger partial charge on any atom is -0.0314 e. The van der Waals surface area contributed by atoms with Crippen molar-refractivity contribution in [2.24, 2.45) is 23.2 Å². The van der Waals surface area contributed by atoms with Crippen molar-refractivity contribution in [2.75, 3.05) is 0 Å². The van der Waals surface area contributed by atoms with Crippen LogP contribution >= 0.6 is 0 Å². The van der Waals surface area contributed by atoms with Crippen molar-refractivity contribution in [3.8, 4) is 0 Å². The third kappa shape index (κ3) is 3.81. The molecule has 0 nitrogen and oxygen atoms in total. The predicted molar refractivity (Wildman–Crippen MR) is 69.0 cm³/mol. The van der Waals surface area contributed by atoms with E-state index in [9.17, 15) is 0 Å². The third-order valence-electron chi connectivity index (χ3n) is 4.13. The highest BCUT2D eigenvalue weighted by molar-refractivity contribution is 4.83. The average molecular weight is 210 g/mol. The van der Waals surface area contributed by atoms with E-state index in [0.717, 1.165) is 17.8 Å². The SMILES string of the molecule is CC(C)C(C1CCCCCC1)C(C)(C)C. The fourth-order valence-electron chi connectivity index (χ4n) is 3.92.